The third kappa shape index (κ3) is 3.23. The first-order valence-electron chi connectivity index (χ1n) is 9.66. The highest BCUT2D eigenvalue weighted by Gasteiger charge is 2.30. The van der Waals surface area contributed by atoms with Crippen molar-refractivity contribution in [2.75, 3.05) is 26.7 Å². The lowest BCUT2D eigenvalue weighted by atomic mass is 9.81. The van der Waals surface area contributed by atoms with E-state index in [0.29, 0.717) is 0 Å². The highest BCUT2D eigenvalue weighted by Crippen LogP contribution is 2.38. The van der Waals surface area contributed by atoms with Crippen LogP contribution in [0.4, 0.5) is 0 Å². The molecule has 0 spiro atoms. The van der Waals surface area contributed by atoms with Gasteiger partial charge in [0.2, 0.25) is 0 Å². The SMILES string of the molecule is Cc1nn(C)c(C)c1-c1c[nH]c2nccc(OCC3(C)CCN(C)CC3)c12. The van der Waals surface area contributed by atoms with E-state index in [4.69, 9.17) is 4.74 Å². The first-order valence-corrected chi connectivity index (χ1v) is 9.66. The molecule has 0 bridgehead atoms. The lowest BCUT2D eigenvalue weighted by Crippen LogP contribution is -2.39. The third-order valence-electron chi connectivity index (χ3n) is 6.08. The van der Waals surface area contributed by atoms with Crippen LogP contribution in [-0.2, 0) is 7.05 Å². The Balaban J connectivity index is 1.69. The number of hydrogen-bond acceptors (Lipinski definition) is 4. The van der Waals surface area contributed by atoms with E-state index in [1.165, 1.54) is 12.8 Å². The summed E-state index contributed by atoms with van der Waals surface area (Å²) in [4.78, 5) is 10.2. The van der Waals surface area contributed by atoms with E-state index in [0.717, 1.165) is 59.0 Å². The fraction of sp³-hybridized carbons (Fsp3) is 0.524. The highest BCUT2D eigenvalue weighted by atomic mass is 16.5. The fourth-order valence-electron chi connectivity index (χ4n) is 4.06. The van der Waals surface area contributed by atoms with Gasteiger partial charge >= 0.3 is 0 Å². The minimum Gasteiger partial charge on any atom is -0.492 e. The minimum absolute atomic E-state index is 0.221. The Hall–Kier alpha value is -2.34. The van der Waals surface area contributed by atoms with E-state index in [-0.39, 0.29) is 5.41 Å². The van der Waals surface area contributed by atoms with E-state index < -0.39 is 0 Å². The van der Waals surface area contributed by atoms with E-state index in [2.05, 4.69) is 47.8 Å². The van der Waals surface area contributed by atoms with Crippen molar-refractivity contribution in [1.29, 1.82) is 0 Å². The molecule has 0 atom stereocenters. The quantitative estimate of drug-likeness (QED) is 0.764. The van der Waals surface area contributed by atoms with Crippen molar-refractivity contribution in [3.63, 3.8) is 0 Å². The molecular formula is C21H29N5O. The Labute approximate surface area is 160 Å². The summed E-state index contributed by atoms with van der Waals surface area (Å²) in [6.45, 7) is 9.49. The lowest BCUT2D eigenvalue weighted by molar-refractivity contribution is 0.0811. The Kier molecular flexibility index (Phi) is 4.46. The number of pyridine rings is 1. The molecule has 1 saturated heterocycles. The maximum Gasteiger partial charge on any atom is 0.141 e. The molecule has 6 heteroatoms. The first-order chi connectivity index (χ1) is 12.9. The summed E-state index contributed by atoms with van der Waals surface area (Å²) in [5.74, 6) is 0.902. The van der Waals surface area contributed by atoms with Crippen LogP contribution in [0.25, 0.3) is 22.2 Å². The average molecular weight is 367 g/mol. The predicted molar refractivity (Wildman–Crippen MR) is 108 cm³/mol. The molecule has 0 saturated carbocycles. The van der Waals surface area contributed by atoms with Gasteiger partial charge in [-0.3, -0.25) is 4.68 Å². The number of hydrogen-bond donors (Lipinski definition) is 1. The second kappa shape index (κ2) is 6.68. The van der Waals surface area contributed by atoms with Crippen molar-refractivity contribution in [2.24, 2.45) is 12.5 Å². The van der Waals surface area contributed by atoms with E-state index >= 15 is 0 Å². The molecular weight excluding hydrogens is 338 g/mol. The van der Waals surface area contributed by atoms with Crippen LogP contribution in [-0.4, -0.2) is 51.4 Å². The van der Waals surface area contributed by atoms with Crippen LogP contribution in [0.1, 0.15) is 31.2 Å². The first kappa shape index (κ1) is 18.0. The summed E-state index contributed by atoms with van der Waals surface area (Å²) < 4.78 is 8.33. The maximum absolute atomic E-state index is 6.40. The lowest BCUT2D eigenvalue weighted by Gasteiger charge is -2.37. The number of piperidine rings is 1. The molecule has 3 aromatic rings. The summed E-state index contributed by atoms with van der Waals surface area (Å²) in [7, 11) is 4.18. The Morgan fingerprint density at radius 3 is 2.63 bits per heavy atom. The zero-order chi connectivity index (χ0) is 19.2. The van der Waals surface area contributed by atoms with Crippen LogP contribution < -0.4 is 4.74 Å². The van der Waals surface area contributed by atoms with Crippen LogP contribution in [0.2, 0.25) is 0 Å². The van der Waals surface area contributed by atoms with Crippen LogP contribution in [0, 0.1) is 19.3 Å². The number of nitrogens with one attached hydrogen (secondary N) is 1. The number of ether oxygens (including phenoxy) is 1. The number of H-pyrrole nitrogens is 1. The molecule has 0 radical (unpaired) electrons. The summed E-state index contributed by atoms with van der Waals surface area (Å²) in [5, 5.41) is 5.63. The predicted octanol–water partition coefficient (Wildman–Crippen LogP) is 3.69. The van der Waals surface area contributed by atoms with E-state index in [1.807, 2.05) is 30.2 Å². The van der Waals surface area contributed by atoms with Crippen LogP contribution in [0.3, 0.4) is 0 Å². The van der Waals surface area contributed by atoms with Gasteiger partial charge in [-0.1, -0.05) is 6.92 Å². The number of aromatic amines is 1. The molecule has 1 aliphatic rings. The van der Waals surface area contributed by atoms with Gasteiger partial charge in [0.05, 0.1) is 17.7 Å². The number of aromatic nitrogens is 4. The van der Waals surface area contributed by atoms with Crippen molar-refractivity contribution in [3.8, 4) is 16.9 Å². The van der Waals surface area contributed by atoms with Gasteiger partial charge in [-0.05, 0) is 52.9 Å². The second-order valence-corrected chi connectivity index (χ2v) is 8.31. The van der Waals surface area contributed by atoms with Gasteiger partial charge in [0.15, 0.2) is 0 Å². The molecule has 0 aromatic carbocycles. The molecule has 0 aliphatic carbocycles. The number of likely N-dealkylation sites (tertiary alicyclic amines) is 1. The van der Waals surface area contributed by atoms with Gasteiger partial charge in [0.1, 0.15) is 11.4 Å². The van der Waals surface area contributed by atoms with E-state index in [9.17, 15) is 0 Å². The topological polar surface area (TPSA) is 59.0 Å². The monoisotopic (exact) mass is 367 g/mol. The number of nitrogens with zero attached hydrogens (tertiary/aromatic N) is 4. The van der Waals surface area contributed by atoms with Gasteiger partial charge in [-0.15, -0.1) is 0 Å². The fourth-order valence-corrected chi connectivity index (χ4v) is 4.06. The molecule has 4 heterocycles. The zero-order valence-corrected chi connectivity index (χ0v) is 17.0. The normalized spacial score (nSPS) is 17.5. The standard InChI is InChI=1S/C21H29N5O/c1-14-18(15(2)26(5)24-14)16-12-23-20-19(16)17(6-9-22-20)27-13-21(3)7-10-25(4)11-8-21/h6,9,12H,7-8,10-11,13H2,1-5H3,(H,22,23). The molecule has 27 heavy (non-hydrogen) atoms. The van der Waals surface area contributed by atoms with Crippen LogP contribution in [0.15, 0.2) is 18.5 Å². The average Bonchev–Trinajstić information content (AvgIpc) is 3.17. The smallest absolute Gasteiger partial charge is 0.141 e. The number of rotatable bonds is 4. The molecule has 6 nitrogen and oxygen atoms in total. The molecule has 3 aromatic heterocycles. The van der Waals surface area contributed by atoms with Gasteiger partial charge in [-0.25, -0.2) is 4.98 Å². The highest BCUT2D eigenvalue weighted by molar-refractivity contribution is 5.99. The Bertz CT molecular complexity index is 963. The minimum atomic E-state index is 0.221. The van der Waals surface area contributed by atoms with Crippen LogP contribution in [0.5, 0.6) is 5.75 Å². The van der Waals surface area contributed by atoms with Crippen molar-refractivity contribution >= 4 is 11.0 Å². The largest absolute Gasteiger partial charge is 0.492 e. The molecule has 0 unspecified atom stereocenters. The molecule has 0 amide bonds. The molecule has 1 aliphatic heterocycles. The van der Waals surface area contributed by atoms with Gasteiger partial charge in [-0.2, -0.15) is 5.10 Å². The van der Waals surface area contributed by atoms with Crippen LogP contribution >= 0.6 is 0 Å². The summed E-state index contributed by atoms with van der Waals surface area (Å²) >= 11 is 0. The molecule has 1 fully saturated rings. The van der Waals surface area contributed by atoms with Crippen molar-refractivity contribution in [3.05, 3.63) is 29.8 Å². The molecule has 1 N–H and O–H groups in total. The summed E-state index contributed by atoms with van der Waals surface area (Å²) in [5.41, 5.74) is 5.52. The second-order valence-electron chi connectivity index (χ2n) is 8.31. The van der Waals surface area contributed by atoms with Crippen molar-refractivity contribution in [2.45, 2.75) is 33.6 Å². The summed E-state index contributed by atoms with van der Waals surface area (Å²) in [6, 6.07) is 1.99. The van der Waals surface area contributed by atoms with Crippen molar-refractivity contribution < 1.29 is 4.74 Å². The zero-order valence-electron chi connectivity index (χ0n) is 17.0. The Morgan fingerprint density at radius 1 is 1.22 bits per heavy atom. The Morgan fingerprint density at radius 2 is 1.96 bits per heavy atom. The maximum atomic E-state index is 6.40. The molecule has 4 rings (SSSR count). The van der Waals surface area contributed by atoms with E-state index in [1.54, 1.807) is 0 Å². The number of fused-ring (bicyclic) bond motifs is 1. The van der Waals surface area contributed by atoms with Gasteiger partial charge in [0, 0.05) is 41.7 Å². The molecule has 144 valence electrons. The number of aryl methyl sites for hydroxylation is 2. The van der Waals surface area contributed by atoms with Gasteiger partial charge < -0.3 is 14.6 Å². The third-order valence-corrected chi connectivity index (χ3v) is 6.08. The summed E-state index contributed by atoms with van der Waals surface area (Å²) in [6.07, 6.45) is 6.17. The van der Waals surface area contributed by atoms with Gasteiger partial charge in [0.25, 0.3) is 0 Å². The van der Waals surface area contributed by atoms with Crippen molar-refractivity contribution in [1.82, 2.24) is 24.6 Å².